The normalized spacial score (nSPS) is 12.9. The van der Waals surface area contributed by atoms with Crippen molar-refractivity contribution in [3.63, 3.8) is 0 Å². The molecule has 0 spiro atoms. The van der Waals surface area contributed by atoms with E-state index in [1.54, 1.807) is 6.92 Å². The van der Waals surface area contributed by atoms with E-state index < -0.39 is 9.84 Å². The Morgan fingerprint density at radius 1 is 1.24 bits per heavy atom. The molecule has 0 atom stereocenters. The maximum atomic E-state index is 11.2. The Hall–Kier alpha value is -0.130. The topological polar surface area (TPSA) is 66.4 Å². The average Bonchev–Trinajstić information content (AvgIpc) is 2.26. The fourth-order valence-electron chi connectivity index (χ4n) is 1.63. The van der Waals surface area contributed by atoms with Gasteiger partial charge >= 0.3 is 0 Å². The van der Waals surface area contributed by atoms with Gasteiger partial charge in [-0.05, 0) is 31.2 Å². The summed E-state index contributed by atoms with van der Waals surface area (Å²) in [4.78, 5) is 0. The lowest BCUT2D eigenvalue weighted by Gasteiger charge is -2.24. The van der Waals surface area contributed by atoms with Crippen molar-refractivity contribution < 1.29 is 13.5 Å². The van der Waals surface area contributed by atoms with E-state index in [0.29, 0.717) is 6.42 Å². The summed E-state index contributed by atoms with van der Waals surface area (Å²) in [5.74, 6) is 0.503. The maximum Gasteiger partial charge on any atom is 0.150 e. The molecule has 2 N–H and O–H groups in total. The van der Waals surface area contributed by atoms with Crippen LogP contribution in [0.1, 0.15) is 40.0 Å². The smallest absolute Gasteiger partial charge is 0.150 e. The molecule has 0 fully saturated rings. The van der Waals surface area contributed by atoms with E-state index in [1.807, 2.05) is 0 Å². The van der Waals surface area contributed by atoms with Gasteiger partial charge in [-0.3, -0.25) is 0 Å². The van der Waals surface area contributed by atoms with Crippen LogP contribution >= 0.6 is 0 Å². The Morgan fingerprint density at radius 2 is 1.88 bits per heavy atom. The second kappa shape index (κ2) is 8.06. The molecule has 0 aromatic rings. The van der Waals surface area contributed by atoms with Crippen LogP contribution in [-0.4, -0.2) is 44.7 Å². The molecule has 0 aliphatic carbocycles. The van der Waals surface area contributed by atoms with E-state index in [1.165, 1.54) is 0 Å². The molecular weight excluding hydrogens is 238 g/mol. The SMILES string of the molecule is CCS(=O)(=O)CCCNCC(C)(C)CCCO. The number of aliphatic hydroxyl groups is 1. The van der Waals surface area contributed by atoms with Gasteiger partial charge in [-0.15, -0.1) is 0 Å². The van der Waals surface area contributed by atoms with E-state index in [4.69, 9.17) is 5.11 Å². The molecule has 0 amide bonds. The fourth-order valence-corrected chi connectivity index (χ4v) is 2.51. The van der Waals surface area contributed by atoms with Gasteiger partial charge in [0, 0.05) is 18.9 Å². The van der Waals surface area contributed by atoms with Crippen LogP contribution in [0.25, 0.3) is 0 Å². The van der Waals surface area contributed by atoms with Gasteiger partial charge in [0.2, 0.25) is 0 Å². The zero-order chi connectivity index (χ0) is 13.4. The third-order valence-corrected chi connectivity index (χ3v) is 4.65. The van der Waals surface area contributed by atoms with Crippen molar-refractivity contribution in [1.82, 2.24) is 5.32 Å². The van der Waals surface area contributed by atoms with Crippen LogP contribution in [0.4, 0.5) is 0 Å². The van der Waals surface area contributed by atoms with Gasteiger partial charge < -0.3 is 10.4 Å². The Morgan fingerprint density at radius 3 is 2.41 bits per heavy atom. The summed E-state index contributed by atoms with van der Waals surface area (Å²) in [6.07, 6.45) is 2.47. The second-order valence-corrected chi connectivity index (χ2v) is 7.73. The van der Waals surface area contributed by atoms with Crippen LogP contribution in [0.5, 0.6) is 0 Å². The molecular formula is C12H27NO3S. The maximum absolute atomic E-state index is 11.2. The van der Waals surface area contributed by atoms with Crippen molar-refractivity contribution in [2.45, 2.75) is 40.0 Å². The number of hydrogen-bond donors (Lipinski definition) is 2. The van der Waals surface area contributed by atoms with E-state index in [0.717, 1.165) is 25.9 Å². The minimum absolute atomic E-state index is 0.159. The Kier molecular flexibility index (Phi) is 8.00. The fraction of sp³-hybridized carbons (Fsp3) is 1.00. The standard InChI is InChI=1S/C12H27NO3S/c1-4-17(15,16)10-6-8-13-11-12(2,3)7-5-9-14/h13-14H,4-11H2,1-3H3. The minimum atomic E-state index is -2.82. The van der Waals surface area contributed by atoms with E-state index in [9.17, 15) is 8.42 Å². The molecule has 0 saturated heterocycles. The zero-order valence-electron chi connectivity index (χ0n) is 11.3. The van der Waals surface area contributed by atoms with Gasteiger partial charge in [0.25, 0.3) is 0 Å². The quantitative estimate of drug-likeness (QED) is 0.583. The van der Waals surface area contributed by atoms with Gasteiger partial charge in [-0.2, -0.15) is 0 Å². The predicted octanol–water partition coefficient (Wildman–Crippen LogP) is 1.20. The van der Waals surface area contributed by atoms with Gasteiger partial charge in [0.15, 0.2) is 0 Å². The monoisotopic (exact) mass is 265 g/mol. The summed E-state index contributed by atoms with van der Waals surface area (Å²) in [5.41, 5.74) is 0.159. The van der Waals surface area contributed by atoms with Crippen molar-refractivity contribution in [3.05, 3.63) is 0 Å². The summed E-state index contributed by atoms with van der Waals surface area (Å²) in [6, 6.07) is 0. The molecule has 17 heavy (non-hydrogen) atoms. The first-order valence-corrected chi connectivity index (χ1v) is 8.17. The molecule has 4 nitrogen and oxygen atoms in total. The lowest BCUT2D eigenvalue weighted by atomic mass is 9.88. The first-order valence-electron chi connectivity index (χ1n) is 6.35. The first kappa shape index (κ1) is 16.9. The average molecular weight is 265 g/mol. The van der Waals surface area contributed by atoms with Crippen LogP contribution in [0.2, 0.25) is 0 Å². The number of aliphatic hydroxyl groups excluding tert-OH is 1. The van der Waals surface area contributed by atoms with Crippen molar-refractivity contribution >= 4 is 9.84 Å². The van der Waals surface area contributed by atoms with Crippen LogP contribution in [0, 0.1) is 5.41 Å². The lowest BCUT2D eigenvalue weighted by Crippen LogP contribution is -2.31. The van der Waals surface area contributed by atoms with E-state index in [2.05, 4.69) is 19.2 Å². The van der Waals surface area contributed by atoms with Gasteiger partial charge in [0.1, 0.15) is 9.84 Å². The molecule has 0 saturated carbocycles. The minimum Gasteiger partial charge on any atom is -0.396 e. The molecule has 0 unspecified atom stereocenters. The Bertz CT molecular complexity index is 286. The molecule has 0 aromatic heterocycles. The van der Waals surface area contributed by atoms with Gasteiger partial charge in [-0.25, -0.2) is 8.42 Å². The highest BCUT2D eigenvalue weighted by atomic mass is 32.2. The lowest BCUT2D eigenvalue weighted by molar-refractivity contribution is 0.237. The molecule has 0 rings (SSSR count). The molecule has 0 aromatic carbocycles. The summed E-state index contributed by atoms with van der Waals surface area (Å²) >= 11 is 0. The Balaban J connectivity index is 3.64. The van der Waals surface area contributed by atoms with Crippen molar-refractivity contribution in [3.8, 4) is 0 Å². The largest absolute Gasteiger partial charge is 0.396 e. The first-order chi connectivity index (χ1) is 7.83. The van der Waals surface area contributed by atoms with Crippen LogP contribution in [0.3, 0.4) is 0 Å². The number of rotatable bonds is 10. The van der Waals surface area contributed by atoms with Gasteiger partial charge in [-0.1, -0.05) is 20.8 Å². The van der Waals surface area contributed by atoms with E-state index >= 15 is 0 Å². The highest BCUT2D eigenvalue weighted by Gasteiger charge is 2.16. The highest BCUT2D eigenvalue weighted by molar-refractivity contribution is 7.91. The second-order valence-electron chi connectivity index (χ2n) is 5.26. The molecule has 0 radical (unpaired) electrons. The van der Waals surface area contributed by atoms with Gasteiger partial charge in [0.05, 0.1) is 5.75 Å². The summed E-state index contributed by atoms with van der Waals surface area (Å²) in [6.45, 7) is 7.82. The summed E-state index contributed by atoms with van der Waals surface area (Å²) in [7, 11) is -2.82. The number of nitrogens with one attached hydrogen (secondary N) is 1. The third kappa shape index (κ3) is 9.56. The summed E-state index contributed by atoms with van der Waals surface area (Å²) in [5, 5.41) is 12.1. The molecule has 0 bridgehead atoms. The third-order valence-electron chi connectivity index (χ3n) is 2.86. The van der Waals surface area contributed by atoms with Crippen molar-refractivity contribution in [2.75, 3.05) is 31.2 Å². The summed E-state index contributed by atoms with van der Waals surface area (Å²) < 4.78 is 22.5. The molecule has 104 valence electrons. The van der Waals surface area contributed by atoms with E-state index in [-0.39, 0.29) is 23.5 Å². The van der Waals surface area contributed by atoms with Crippen molar-refractivity contribution in [1.29, 1.82) is 0 Å². The number of hydrogen-bond acceptors (Lipinski definition) is 4. The number of sulfone groups is 1. The molecule has 5 heteroatoms. The highest BCUT2D eigenvalue weighted by Crippen LogP contribution is 2.20. The Labute approximate surface area is 106 Å². The van der Waals surface area contributed by atoms with Crippen LogP contribution < -0.4 is 5.32 Å². The molecule has 0 aliphatic rings. The molecule has 0 heterocycles. The van der Waals surface area contributed by atoms with Crippen LogP contribution in [0.15, 0.2) is 0 Å². The predicted molar refractivity (Wildman–Crippen MR) is 71.9 cm³/mol. The van der Waals surface area contributed by atoms with Crippen LogP contribution in [-0.2, 0) is 9.84 Å². The van der Waals surface area contributed by atoms with Crippen molar-refractivity contribution in [2.24, 2.45) is 5.41 Å². The molecule has 0 aliphatic heterocycles. The zero-order valence-corrected chi connectivity index (χ0v) is 12.1.